The quantitative estimate of drug-likeness (QED) is 0.184. The second-order valence-corrected chi connectivity index (χ2v) is 12.1. The molecule has 0 unspecified atom stereocenters. The van der Waals surface area contributed by atoms with Crippen LogP contribution in [0.2, 0.25) is 0 Å². The van der Waals surface area contributed by atoms with E-state index in [-0.39, 0.29) is 0 Å². The van der Waals surface area contributed by atoms with Crippen molar-refractivity contribution in [2.75, 3.05) is 0 Å². The highest BCUT2D eigenvalue weighted by atomic mass is 15.1. The maximum Gasteiger partial charge on any atom is 0.166 e. The average Bonchev–Trinajstić information content (AvgIpc) is 3.53. The van der Waals surface area contributed by atoms with Gasteiger partial charge in [-0.05, 0) is 46.5 Å². The van der Waals surface area contributed by atoms with Gasteiger partial charge < -0.3 is 4.57 Å². The monoisotopic (exact) mass is 626 g/mol. The third kappa shape index (κ3) is 5.26. The van der Waals surface area contributed by atoms with E-state index < -0.39 is 0 Å². The summed E-state index contributed by atoms with van der Waals surface area (Å²) in [7, 11) is 0. The molecule has 0 aliphatic carbocycles. The van der Waals surface area contributed by atoms with Gasteiger partial charge in [-0.3, -0.25) is 0 Å². The van der Waals surface area contributed by atoms with Crippen LogP contribution in [-0.4, -0.2) is 19.5 Å². The Bertz CT molecular complexity index is 2520. The van der Waals surface area contributed by atoms with Crippen molar-refractivity contribution in [2.24, 2.45) is 0 Å². The zero-order chi connectivity index (χ0) is 32.6. The van der Waals surface area contributed by atoms with Crippen LogP contribution in [0.15, 0.2) is 182 Å². The van der Waals surface area contributed by atoms with E-state index in [1.54, 1.807) is 0 Å². The molecule has 2 aromatic heterocycles. The van der Waals surface area contributed by atoms with Gasteiger partial charge in [0.05, 0.1) is 16.7 Å². The van der Waals surface area contributed by atoms with Crippen molar-refractivity contribution >= 4 is 21.8 Å². The minimum Gasteiger partial charge on any atom is -0.309 e. The summed E-state index contributed by atoms with van der Waals surface area (Å²) in [5.41, 5.74) is 10.6. The van der Waals surface area contributed by atoms with Gasteiger partial charge in [-0.1, -0.05) is 158 Å². The topological polar surface area (TPSA) is 43.6 Å². The molecule has 0 spiro atoms. The molecule has 0 bridgehead atoms. The van der Waals surface area contributed by atoms with Crippen LogP contribution in [-0.2, 0) is 0 Å². The first kappa shape index (κ1) is 28.6. The van der Waals surface area contributed by atoms with Crippen molar-refractivity contribution in [1.29, 1.82) is 0 Å². The molecule has 2 heterocycles. The van der Waals surface area contributed by atoms with Gasteiger partial charge in [-0.15, -0.1) is 0 Å². The Labute approximate surface area is 284 Å². The molecule has 0 aliphatic heterocycles. The highest BCUT2D eigenvalue weighted by molar-refractivity contribution is 6.09. The summed E-state index contributed by atoms with van der Waals surface area (Å²) in [6.45, 7) is 0. The van der Waals surface area contributed by atoms with E-state index in [2.05, 4.69) is 156 Å². The highest BCUT2D eigenvalue weighted by Crippen LogP contribution is 2.38. The van der Waals surface area contributed by atoms with Gasteiger partial charge in [0.25, 0.3) is 0 Å². The molecule has 4 nitrogen and oxygen atoms in total. The Morgan fingerprint density at radius 1 is 0.306 bits per heavy atom. The van der Waals surface area contributed by atoms with Gasteiger partial charge >= 0.3 is 0 Å². The van der Waals surface area contributed by atoms with Gasteiger partial charge in [0, 0.05) is 27.5 Å². The van der Waals surface area contributed by atoms with E-state index in [0.29, 0.717) is 17.5 Å². The molecule has 0 N–H and O–H groups in total. The highest BCUT2D eigenvalue weighted by Gasteiger charge is 2.20. The summed E-state index contributed by atoms with van der Waals surface area (Å²) >= 11 is 0. The fourth-order valence-electron chi connectivity index (χ4n) is 6.69. The lowest BCUT2D eigenvalue weighted by molar-refractivity contribution is 1.06. The largest absolute Gasteiger partial charge is 0.309 e. The van der Waals surface area contributed by atoms with E-state index in [0.717, 1.165) is 50.1 Å². The standard InChI is InChI=1S/C45H30N4/c1-4-14-31(15-5-1)33-24-26-35(27-25-33)44-46-43(34-18-8-3-9-19-34)47-45(48-44)39-30-36(32-16-6-2-7-17-32)28-29-42(39)49-40-22-12-10-20-37(40)38-21-11-13-23-41(38)49/h1-30H. The van der Waals surface area contributed by atoms with Crippen molar-refractivity contribution in [3.05, 3.63) is 182 Å². The summed E-state index contributed by atoms with van der Waals surface area (Å²) in [5, 5.41) is 2.41. The van der Waals surface area contributed by atoms with Gasteiger partial charge in [-0.2, -0.15) is 0 Å². The molecule has 0 saturated carbocycles. The molecular formula is C45H30N4. The molecule has 4 heteroatoms. The smallest absolute Gasteiger partial charge is 0.166 e. The normalized spacial score (nSPS) is 11.3. The number of aromatic nitrogens is 4. The summed E-state index contributed by atoms with van der Waals surface area (Å²) in [6.07, 6.45) is 0. The van der Waals surface area contributed by atoms with Crippen molar-refractivity contribution in [3.8, 4) is 62.1 Å². The van der Waals surface area contributed by atoms with E-state index in [1.807, 2.05) is 30.3 Å². The van der Waals surface area contributed by atoms with Crippen LogP contribution >= 0.6 is 0 Å². The first-order valence-corrected chi connectivity index (χ1v) is 16.5. The molecule has 0 radical (unpaired) electrons. The first-order valence-electron chi connectivity index (χ1n) is 16.5. The summed E-state index contributed by atoms with van der Waals surface area (Å²) in [4.78, 5) is 15.5. The number of para-hydroxylation sites is 2. The molecule has 0 atom stereocenters. The number of benzene rings is 7. The average molecular weight is 627 g/mol. The molecular weight excluding hydrogens is 597 g/mol. The molecule has 9 aromatic rings. The van der Waals surface area contributed by atoms with Crippen LogP contribution in [0.25, 0.3) is 83.9 Å². The molecule has 49 heavy (non-hydrogen) atoms. The van der Waals surface area contributed by atoms with Crippen LogP contribution in [0.3, 0.4) is 0 Å². The second kappa shape index (κ2) is 12.2. The Morgan fingerprint density at radius 3 is 1.27 bits per heavy atom. The van der Waals surface area contributed by atoms with Crippen LogP contribution in [0.4, 0.5) is 0 Å². The minimum absolute atomic E-state index is 0.616. The number of nitrogens with zero attached hydrogens (tertiary/aromatic N) is 4. The maximum absolute atomic E-state index is 5.23. The molecule has 0 aliphatic rings. The lowest BCUT2D eigenvalue weighted by Gasteiger charge is -2.16. The van der Waals surface area contributed by atoms with E-state index in [4.69, 9.17) is 15.0 Å². The summed E-state index contributed by atoms with van der Waals surface area (Å²) in [6, 6.07) is 63.3. The first-order chi connectivity index (χ1) is 24.3. The predicted molar refractivity (Wildman–Crippen MR) is 201 cm³/mol. The zero-order valence-electron chi connectivity index (χ0n) is 26.6. The summed E-state index contributed by atoms with van der Waals surface area (Å²) in [5.74, 6) is 1.87. The van der Waals surface area contributed by atoms with Crippen LogP contribution in [0.5, 0.6) is 0 Å². The Hall–Kier alpha value is -6.65. The third-order valence-corrected chi connectivity index (χ3v) is 9.08. The molecule has 7 aromatic carbocycles. The van der Waals surface area contributed by atoms with Gasteiger partial charge in [0.2, 0.25) is 0 Å². The van der Waals surface area contributed by atoms with Crippen LogP contribution < -0.4 is 0 Å². The molecule has 0 saturated heterocycles. The van der Waals surface area contributed by atoms with Crippen molar-refractivity contribution in [1.82, 2.24) is 19.5 Å². The fourth-order valence-corrected chi connectivity index (χ4v) is 6.69. The lowest BCUT2D eigenvalue weighted by Crippen LogP contribution is -2.04. The van der Waals surface area contributed by atoms with E-state index >= 15 is 0 Å². The van der Waals surface area contributed by atoms with Gasteiger partial charge in [0.1, 0.15) is 0 Å². The fraction of sp³-hybridized carbons (Fsp3) is 0. The van der Waals surface area contributed by atoms with Gasteiger partial charge in [0.15, 0.2) is 17.5 Å². The number of rotatable bonds is 6. The predicted octanol–water partition coefficient (Wildman–Crippen LogP) is 11.3. The van der Waals surface area contributed by atoms with E-state index in [9.17, 15) is 0 Å². The van der Waals surface area contributed by atoms with Crippen molar-refractivity contribution < 1.29 is 0 Å². The number of hydrogen-bond donors (Lipinski definition) is 0. The number of fused-ring (bicyclic) bond motifs is 3. The van der Waals surface area contributed by atoms with Crippen LogP contribution in [0.1, 0.15) is 0 Å². The Balaban J connectivity index is 1.30. The number of hydrogen-bond acceptors (Lipinski definition) is 3. The Morgan fingerprint density at radius 2 is 0.694 bits per heavy atom. The van der Waals surface area contributed by atoms with Crippen molar-refractivity contribution in [2.45, 2.75) is 0 Å². The second-order valence-electron chi connectivity index (χ2n) is 12.1. The van der Waals surface area contributed by atoms with Gasteiger partial charge in [-0.25, -0.2) is 15.0 Å². The lowest BCUT2D eigenvalue weighted by atomic mass is 10.0. The third-order valence-electron chi connectivity index (χ3n) is 9.08. The Kier molecular flexibility index (Phi) is 7.10. The van der Waals surface area contributed by atoms with Crippen LogP contribution in [0, 0.1) is 0 Å². The SMILES string of the molecule is c1ccc(-c2ccc(-c3nc(-c4ccccc4)nc(-c4cc(-c5ccccc5)ccc4-n4c5ccccc5c5ccccc54)n3)cc2)cc1. The molecule has 0 amide bonds. The maximum atomic E-state index is 5.23. The minimum atomic E-state index is 0.616. The van der Waals surface area contributed by atoms with E-state index in [1.165, 1.54) is 16.3 Å². The summed E-state index contributed by atoms with van der Waals surface area (Å²) < 4.78 is 2.34. The molecule has 230 valence electrons. The molecule has 9 rings (SSSR count). The zero-order valence-corrected chi connectivity index (χ0v) is 26.6. The van der Waals surface area contributed by atoms with Crippen molar-refractivity contribution in [3.63, 3.8) is 0 Å². The molecule has 0 fully saturated rings.